The maximum atomic E-state index is 13.0. The predicted octanol–water partition coefficient (Wildman–Crippen LogP) is 3.81. The van der Waals surface area contributed by atoms with Gasteiger partial charge in [0, 0.05) is 17.8 Å². The van der Waals surface area contributed by atoms with E-state index in [-0.39, 0.29) is 12.1 Å². The number of hydrogen-bond acceptors (Lipinski definition) is 2. The van der Waals surface area contributed by atoms with Gasteiger partial charge in [0.2, 0.25) is 0 Å². The molecule has 0 saturated heterocycles. The van der Waals surface area contributed by atoms with Crippen LogP contribution in [0.1, 0.15) is 0 Å². The van der Waals surface area contributed by atoms with E-state index >= 15 is 0 Å². The fraction of sp³-hybridized carbons (Fsp3) is 0.300. The van der Waals surface area contributed by atoms with Crippen molar-refractivity contribution in [2.24, 2.45) is 0 Å². The summed E-state index contributed by atoms with van der Waals surface area (Å²) in [5, 5.41) is 0.820. The maximum Gasteiger partial charge on any atom is 0.527 e. The Hall–Kier alpha value is -2.05. The molecule has 0 saturated carbocycles. The van der Waals surface area contributed by atoms with E-state index in [2.05, 4.69) is 0 Å². The van der Waals surface area contributed by atoms with E-state index < -0.39 is 47.4 Å². The fourth-order valence-corrected chi connectivity index (χ4v) is 1.18. The molecule has 3 nitrogen and oxygen atoms in total. The molecule has 1 aromatic carbocycles. The molecule has 0 bridgehead atoms. The summed E-state index contributed by atoms with van der Waals surface area (Å²) in [6.07, 6.45) is -12.5. The number of benzene rings is 1. The standard InChI is InChI=1S/C10H3F10NO2/c11-4-1-3(2-5(12)6(4)13)21-7(22)8(14,15)9(16,17)23-10(18,19)20/h1-2H,(H,21,22). The van der Waals surface area contributed by atoms with Gasteiger partial charge in [-0.15, -0.1) is 13.2 Å². The van der Waals surface area contributed by atoms with Crippen LogP contribution in [0.3, 0.4) is 0 Å². The van der Waals surface area contributed by atoms with Crippen molar-refractivity contribution < 1.29 is 53.4 Å². The quantitative estimate of drug-likeness (QED) is 0.656. The van der Waals surface area contributed by atoms with Gasteiger partial charge in [-0.3, -0.25) is 4.79 Å². The van der Waals surface area contributed by atoms with Crippen LogP contribution in [0, 0.1) is 17.5 Å². The summed E-state index contributed by atoms with van der Waals surface area (Å²) in [6.45, 7) is 0. The first-order chi connectivity index (χ1) is 10.2. The number of hydrogen-bond donors (Lipinski definition) is 1. The smallest absolute Gasteiger partial charge is 0.320 e. The van der Waals surface area contributed by atoms with Crippen molar-refractivity contribution in [3.8, 4) is 0 Å². The average Bonchev–Trinajstić information content (AvgIpc) is 2.32. The topological polar surface area (TPSA) is 38.3 Å². The molecule has 0 aliphatic heterocycles. The molecule has 0 heterocycles. The van der Waals surface area contributed by atoms with E-state index in [4.69, 9.17) is 0 Å². The molecule has 1 rings (SSSR count). The Kier molecular flexibility index (Phi) is 4.84. The van der Waals surface area contributed by atoms with E-state index in [1.165, 1.54) is 0 Å². The van der Waals surface area contributed by atoms with Crippen LogP contribution in [-0.4, -0.2) is 24.3 Å². The van der Waals surface area contributed by atoms with E-state index in [1.54, 1.807) is 0 Å². The van der Waals surface area contributed by atoms with Gasteiger partial charge in [0.15, 0.2) is 17.5 Å². The van der Waals surface area contributed by atoms with Crippen molar-refractivity contribution in [1.29, 1.82) is 0 Å². The number of halogens is 10. The highest BCUT2D eigenvalue weighted by Gasteiger charge is 2.67. The number of carbonyl (C=O) groups excluding carboxylic acids is 1. The molecular formula is C10H3F10NO2. The summed E-state index contributed by atoms with van der Waals surface area (Å²) in [5.74, 6) is -15.1. The lowest BCUT2D eigenvalue weighted by Crippen LogP contribution is -2.53. The second-order valence-electron chi connectivity index (χ2n) is 3.85. The van der Waals surface area contributed by atoms with Crippen LogP contribution in [-0.2, 0) is 9.53 Å². The van der Waals surface area contributed by atoms with Gasteiger partial charge in [0.1, 0.15) is 0 Å². The van der Waals surface area contributed by atoms with Gasteiger partial charge in [-0.2, -0.15) is 17.6 Å². The molecule has 0 fully saturated rings. The van der Waals surface area contributed by atoms with E-state index in [0.29, 0.717) is 0 Å². The average molecular weight is 359 g/mol. The predicted molar refractivity (Wildman–Crippen MR) is 52.0 cm³/mol. The summed E-state index contributed by atoms with van der Waals surface area (Å²) in [5.41, 5.74) is -1.24. The van der Waals surface area contributed by atoms with Gasteiger partial charge in [0.05, 0.1) is 0 Å². The molecule has 0 unspecified atom stereocenters. The summed E-state index contributed by atoms with van der Waals surface area (Å²) < 4.78 is 126. The second kappa shape index (κ2) is 5.86. The highest BCUT2D eigenvalue weighted by Crippen LogP contribution is 2.40. The Morgan fingerprint density at radius 3 is 1.74 bits per heavy atom. The Morgan fingerprint density at radius 1 is 0.913 bits per heavy atom. The zero-order valence-corrected chi connectivity index (χ0v) is 10.3. The maximum absolute atomic E-state index is 13.0. The van der Waals surface area contributed by atoms with Crippen molar-refractivity contribution in [3.63, 3.8) is 0 Å². The second-order valence-corrected chi connectivity index (χ2v) is 3.85. The van der Waals surface area contributed by atoms with Crippen LogP contribution in [0.5, 0.6) is 0 Å². The summed E-state index contributed by atoms with van der Waals surface area (Å²) in [4.78, 5) is 10.9. The molecule has 0 atom stereocenters. The highest BCUT2D eigenvalue weighted by atomic mass is 19.4. The molecule has 0 spiro atoms. The zero-order valence-electron chi connectivity index (χ0n) is 10.3. The highest BCUT2D eigenvalue weighted by molar-refractivity contribution is 5.96. The first-order valence-corrected chi connectivity index (χ1v) is 5.16. The normalized spacial score (nSPS) is 13.1. The Balaban J connectivity index is 3.04. The summed E-state index contributed by atoms with van der Waals surface area (Å²) in [7, 11) is 0. The van der Waals surface area contributed by atoms with E-state index in [9.17, 15) is 48.7 Å². The Morgan fingerprint density at radius 2 is 1.35 bits per heavy atom. The van der Waals surface area contributed by atoms with Gasteiger partial charge >= 0.3 is 24.3 Å². The van der Waals surface area contributed by atoms with Crippen LogP contribution in [0.25, 0.3) is 0 Å². The minimum absolute atomic E-state index is 0.0604. The molecule has 0 aromatic heterocycles. The Labute approximate surface area is 119 Å². The van der Waals surface area contributed by atoms with Crippen LogP contribution in [0.4, 0.5) is 49.6 Å². The minimum Gasteiger partial charge on any atom is -0.320 e. The molecule has 1 amide bonds. The number of rotatable bonds is 4. The molecule has 23 heavy (non-hydrogen) atoms. The minimum atomic E-state index is -6.31. The SMILES string of the molecule is O=C(Nc1cc(F)c(F)c(F)c1)C(F)(F)C(F)(F)OC(F)(F)F. The first kappa shape index (κ1) is 19.0. The third-order valence-electron chi connectivity index (χ3n) is 2.14. The van der Waals surface area contributed by atoms with Crippen molar-refractivity contribution in [3.05, 3.63) is 29.6 Å². The fourth-order valence-electron chi connectivity index (χ4n) is 1.18. The van der Waals surface area contributed by atoms with Gasteiger partial charge in [-0.25, -0.2) is 17.9 Å². The molecular weight excluding hydrogens is 356 g/mol. The largest absolute Gasteiger partial charge is 0.527 e. The number of amides is 1. The van der Waals surface area contributed by atoms with Crippen LogP contribution in [0.15, 0.2) is 12.1 Å². The number of anilines is 1. The van der Waals surface area contributed by atoms with Gasteiger partial charge in [-0.1, -0.05) is 0 Å². The van der Waals surface area contributed by atoms with Crippen molar-refractivity contribution in [2.75, 3.05) is 5.32 Å². The van der Waals surface area contributed by atoms with Crippen molar-refractivity contribution in [1.82, 2.24) is 0 Å². The molecule has 1 aromatic rings. The molecule has 0 aliphatic carbocycles. The molecule has 1 N–H and O–H groups in total. The number of carbonyl (C=O) groups is 1. The van der Waals surface area contributed by atoms with E-state index in [0.717, 1.165) is 5.32 Å². The van der Waals surface area contributed by atoms with Gasteiger partial charge < -0.3 is 5.32 Å². The zero-order chi connectivity index (χ0) is 18.2. The third-order valence-corrected chi connectivity index (χ3v) is 2.14. The summed E-state index contributed by atoms with van der Waals surface area (Å²) in [6, 6.07) is -0.121. The molecule has 130 valence electrons. The summed E-state index contributed by atoms with van der Waals surface area (Å²) >= 11 is 0. The molecule has 13 heteroatoms. The van der Waals surface area contributed by atoms with Crippen LogP contribution in [0.2, 0.25) is 0 Å². The lowest BCUT2D eigenvalue weighted by Gasteiger charge is -2.25. The Bertz CT molecular complexity index is 589. The molecule has 0 radical (unpaired) electrons. The van der Waals surface area contributed by atoms with E-state index in [1.807, 2.05) is 4.74 Å². The number of ether oxygens (including phenoxy) is 1. The first-order valence-electron chi connectivity index (χ1n) is 5.16. The van der Waals surface area contributed by atoms with Gasteiger partial charge in [-0.05, 0) is 0 Å². The van der Waals surface area contributed by atoms with Crippen LogP contribution < -0.4 is 5.32 Å². The van der Waals surface area contributed by atoms with Crippen molar-refractivity contribution >= 4 is 11.6 Å². The van der Waals surface area contributed by atoms with Gasteiger partial charge in [0.25, 0.3) is 0 Å². The number of alkyl halides is 7. The monoisotopic (exact) mass is 359 g/mol. The van der Waals surface area contributed by atoms with Crippen molar-refractivity contribution in [2.45, 2.75) is 18.4 Å². The third kappa shape index (κ3) is 4.24. The lowest BCUT2D eigenvalue weighted by molar-refractivity contribution is -0.457. The molecule has 0 aliphatic rings. The lowest BCUT2D eigenvalue weighted by atomic mass is 10.2. The van der Waals surface area contributed by atoms with Crippen LogP contribution >= 0.6 is 0 Å². The number of nitrogens with one attached hydrogen (secondary N) is 1.